The molecule has 3 rings (SSSR count). The predicted molar refractivity (Wildman–Crippen MR) is 99.1 cm³/mol. The van der Waals surface area contributed by atoms with E-state index in [0.29, 0.717) is 37.2 Å². The summed E-state index contributed by atoms with van der Waals surface area (Å²) in [4.78, 5) is 12.4. The number of amides is 1. The minimum atomic E-state index is -4.64. The first kappa shape index (κ1) is 19.8. The molecule has 1 atom stereocenters. The first-order chi connectivity index (χ1) is 13.4. The Bertz CT molecular complexity index is 863. The van der Waals surface area contributed by atoms with Gasteiger partial charge >= 0.3 is 6.18 Å². The Morgan fingerprint density at radius 1 is 1.11 bits per heavy atom. The second kappa shape index (κ2) is 8.37. The van der Waals surface area contributed by atoms with Crippen LogP contribution >= 0.6 is 0 Å². The number of hydrogen-bond donors (Lipinski definition) is 1. The minimum Gasteiger partial charge on any atom is -0.486 e. The third-order valence-electron chi connectivity index (χ3n) is 4.36. The Morgan fingerprint density at radius 3 is 2.43 bits per heavy atom. The smallest absolute Gasteiger partial charge is 0.417 e. The fourth-order valence-electron chi connectivity index (χ4n) is 2.99. The molecule has 0 saturated carbocycles. The van der Waals surface area contributed by atoms with Crippen molar-refractivity contribution >= 4 is 11.5 Å². The molecule has 0 aromatic heterocycles. The third-order valence-corrected chi connectivity index (χ3v) is 4.36. The van der Waals surface area contributed by atoms with Gasteiger partial charge in [0.15, 0.2) is 11.5 Å². The van der Waals surface area contributed by atoms with Crippen molar-refractivity contribution in [1.82, 2.24) is 5.32 Å². The highest BCUT2D eigenvalue weighted by Gasteiger charge is 2.35. The van der Waals surface area contributed by atoms with Crippen LogP contribution in [0, 0.1) is 0 Å². The van der Waals surface area contributed by atoms with Crippen molar-refractivity contribution in [3.63, 3.8) is 0 Å². The highest BCUT2D eigenvalue weighted by Crippen LogP contribution is 2.35. The van der Waals surface area contributed by atoms with E-state index in [1.807, 2.05) is 6.92 Å². The Hall–Kier alpha value is -2.96. The summed E-state index contributed by atoms with van der Waals surface area (Å²) >= 11 is 0. The molecule has 7 heteroatoms. The maximum absolute atomic E-state index is 13.4. The van der Waals surface area contributed by atoms with Crippen molar-refractivity contribution < 1.29 is 27.4 Å². The van der Waals surface area contributed by atoms with Crippen LogP contribution in [-0.2, 0) is 4.79 Å². The molecule has 2 aromatic rings. The monoisotopic (exact) mass is 391 g/mol. The van der Waals surface area contributed by atoms with Crippen LogP contribution in [0.15, 0.2) is 54.6 Å². The number of carbonyl (C=O) groups is 1. The van der Waals surface area contributed by atoms with Gasteiger partial charge in [0.2, 0.25) is 5.91 Å². The molecular weight excluding hydrogens is 371 g/mol. The Kier molecular flexibility index (Phi) is 5.92. The van der Waals surface area contributed by atoms with E-state index in [0.717, 1.165) is 5.56 Å². The number of hydrogen-bond acceptors (Lipinski definition) is 3. The normalized spacial score (nSPS) is 15.1. The topological polar surface area (TPSA) is 47.6 Å². The highest BCUT2D eigenvalue weighted by molar-refractivity contribution is 5.96. The number of fused-ring (bicyclic) bond motifs is 1. The van der Waals surface area contributed by atoms with Crippen LogP contribution in [0.1, 0.15) is 30.5 Å². The standard InChI is InChI=1S/C21H20F3NO3/c1-2-17(15-8-9-18-19(12-15)28-11-10-27-18)25-20(26)13-16(21(22,23)24)14-6-4-3-5-7-14/h3-9,12-13,17H,2,10-11H2,1H3,(H,25,26)/b16-13-. The van der Waals surface area contributed by atoms with Crippen LogP contribution in [0.25, 0.3) is 5.57 Å². The molecule has 0 saturated heterocycles. The van der Waals surface area contributed by atoms with Crippen molar-refractivity contribution in [3.05, 3.63) is 65.7 Å². The molecule has 0 aliphatic carbocycles. The van der Waals surface area contributed by atoms with Crippen LogP contribution in [0.3, 0.4) is 0 Å². The predicted octanol–water partition coefficient (Wildman–Crippen LogP) is 4.67. The van der Waals surface area contributed by atoms with E-state index in [1.54, 1.807) is 24.3 Å². The molecule has 1 amide bonds. The Labute approximate surface area is 161 Å². The number of alkyl halides is 3. The van der Waals surface area contributed by atoms with Gasteiger partial charge < -0.3 is 14.8 Å². The largest absolute Gasteiger partial charge is 0.486 e. The number of allylic oxidation sites excluding steroid dienone is 1. The summed E-state index contributed by atoms with van der Waals surface area (Å²) in [5.41, 5.74) is -0.304. The molecule has 28 heavy (non-hydrogen) atoms. The highest BCUT2D eigenvalue weighted by atomic mass is 19.4. The van der Waals surface area contributed by atoms with Crippen LogP contribution in [0.5, 0.6) is 11.5 Å². The molecule has 0 bridgehead atoms. The molecular formula is C21H20F3NO3. The summed E-state index contributed by atoms with van der Waals surface area (Å²) in [6, 6.07) is 12.1. The van der Waals surface area contributed by atoms with E-state index in [4.69, 9.17) is 9.47 Å². The van der Waals surface area contributed by atoms with Gasteiger partial charge in [0, 0.05) is 6.08 Å². The SMILES string of the molecule is CCC(NC(=O)/C=C(/c1ccccc1)C(F)(F)F)c1ccc2c(c1)OCCO2. The zero-order valence-corrected chi connectivity index (χ0v) is 15.3. The summed E-state index contributed by atoms with van der Waals surface area (Å²) in [7, 11) is 0. The molecule has 4 nitrogen and oxygen atoms in total. The number of benzene rings is 2. The molecule has 148 valence electrons. The van der Waals surface area contributed by atoms with Gasteiger partial charge in [-0.15, -0.1) is 0 Å². The number of rotatable bonds is 5. The second-order valence-electron chi connectivity index (χ2n) is 6.29. The van der Waals surface area contributed by atoms with Gasteiger partial charge in [-0.3, -0.25) is 4.79 Å². The lowest BCUT2D eigenvalue weighted by molar-refractivity contribution is -0.117. The lowest BCUT2D eigenvalue weighted by Gasteiger charge is -2.22. The molecule has 1 heterocycles. The molecule has 1 N–H and O–H groups in total. The summed E-state index contributed by atoms with van der Waals surface area (Å²) in [5.74, 6) is 0.365. The van der Waals surface area contributed by atoms with E-state index in [-0.39, 0.29) is 5.56 Å². The maximum Gasteiger partial charge on any atom is 0.417 e. The summed E-state index contributed by atoms with van der Waals surface area (Å²) in [6.07, 6.45) is -3.53. The molecule has 1 unspecified atom stereocenters. The van der Waals surface area contributed by atoms with E-state index in [9.17, 15) is 18.0 Å². The van der Waals surface area contributed by atoms with Crippen molar-refractivity contribution in [2.24, 2.45) is 0 Å². The van der Waals surface area contributed by atoms with Gasteiger partial charge in [-0.2, -0.15) is 13.2 Å². The van der Waals surface area contributed by atoms with Crippen molar-refractivity contribution in [2.45, 2.75) is 25.6 Å². The lowest BCUT2D eigenvalue weighted by atomic mass is 10.0. The number of halogens is 3. The van der Waals surface area contributed by atoms with Crippen molar-refractivity contribution in [2.75, 3.05) is 13.2 Å². The molecule has 1 aliphatic heterocycles. The number of nitrogens with one attached hydrogen (secondary N) is 1. The number of carbonyl (C=O) groups excluding carboxylic acids is 1. The molecule has 1 aliphatic rings. The molecule has 0 radical (unpaired) electrons. The van der Waals surface area contributed by atoms with Gasteiger partial charge in [-0.1, -0.05) is 43.3 Å². The van der Waals surface area contributed by atoms with Crippen LogP contribution in [0.2, 0.25) is 0 Å². The first-order valence-electron chi connectivity index (χ1n) is 8.93. The van der Waals surface area contributed by atoms with E-state index >= 15 is 0 Å². The van der Waals surface area contributed by atoms with E-state index in [1.165, 1.54) is 24.3 Å². The lowest BCUT2D eigenvalue weighted by Crippen LogP contribution is -2.28. The minimum absolute atomic E-state index is 0.0578. The first-order valence-corrected chi connectivity index (χ1v) is 8.93. The summed E-state index contributed by atoms with van der Waals surface area (Å²) in [6.45, 7) is 2.73. The van der Waals surface area contributed by atoms with Crippen LogP contribution < -0.4 is 14.8 Å². The maximum atomic E-state index is 13.4. The number of ether oxygens (including phenoxy) is 2. The molecule has 0 fully saturated rings. The van der Waals surface area contributed by atoms with E-state index in [2.05, 4.69) is 5.32 Å². The average molecular weight is 391 g/mol. The van der Waals surface area contributed by atoms with Crippen molar-refractivity contribution in [3.8, 4) is 11.5 Å². The summed E-state index contributed by atoms with van der Waals surface area (Å²) in [5, 5.41) is 2.65. The van der Waals surface area contributed by atoms with Gasteiger partial charge in [-0.05, 0) is 29.7 Å². The fraction of sp³-hybridized carbons (Fsp3) is 0.286. The molecule has 0 spiro atoms. The Balaban J connectivity index is 1.82. The zero-order valence-electron chi connectivity index (χ0n) is 15.3. The second-order valence-corrected chi connectivity index (χ2v) is 6.29. The van der Waals surface area contributed by atoms with Gasteiger partial charge in [-0.25, -0.2) is 0 Å². The fourth-order valence-corrected chi connectivity index (χ4v) is 2.99. The van der Waals surface area contributed by atoms with Crippen LogP contribution in [0.4, 0.5) is 13.2 Å². The zero-order chi connectivity index (χ0) is 20.1. The van der Waals surface area contributed by atoms with Gasteiger partial charge in [0.25, 0.3) is 0 Å². The summed E-state index contributed by atoms with van der Waals surface area (Å²) < 4.78 is 51.3. The third kappa shape index (κ3) is 4.65. The van der Waals surface area contributed by atoms with Gasteiger partial charge in [0.1, 0.15) is 13.2 Å². The molecule has 2 aromatic carbocycles. The van der Waals surface area contributed by atoms with Crippen molar-refractivity contribution in [1.29, 1.82) is 0 Å². The average Bonchev–Trinajstić information content (AvgIpc) is 2.69. The van der Waals surface area contributed by atoms with Gasteiger partial charge in [0.05, 0.1) is 11.6 Å². The quantitative estimate of drug-likeness (QED) is 0.754. The Morgan fingerprint density at radius 2 is 1.79 bits per heavy atom. The van der Waals surface area contributed by atoms with Crippen LogP contribution in [-0.4, -0.2) is 25.3 Å². The van der Waals surface area contributed by atoms with E-state index < -0.39 is 23.7 Å².